The first-order chi connectivity index (χ1) is 20.9. The molecular weight excluding hydrogens is 565 g/mol. The van der Waals surface area contributed by atoms with Crippen molar-refractivity contribution in [2.75, 3.05) is 18.8 Å². The second-order valence-corrected chi connectivity index (χ2v) is 24.5. The van der Waals surface area contributed by atoms with Crippen LogP contribution in [0.15, 0.2) is 102 Å². The summed E-state index contributed by atoms with van der Waals surface area (Å²) in [4.78, 5) is 1.60. The molecule has 44 heavy (non-hydrogen) atoms. The highest BCUT2D eigenvalue weighted by atomic mass is 32.3. The van der Waals surface area contributed by atoms with Crippen molar-refractivity contribution in [1.29, 1.82) is 0 Å². The third kappa shape index (κ3) is 4.65. The summed E-state index contributed by atoms with van der Waals surface area (Å²) in [5, 5.41) is 9.74. The van der Waals surface area contributed by atoms with Crippen molar-refractivity contribution in [2.24, 2.45) is 0 Å². The highest BCUT2D eigenvalue weighted by Crippen LogP contribution is 2.55. The number of fused-ring (bicyclic) bond motifs is 4. The fraction of sp³-hybridized carbons (Fsp3) is 0.286. The Morgan fingerprint density at radius 2 is 1.05 bits per heavy atom. The number of rotatable bonds is 4. The van der Waals surface area contributed by atoms with E-state index >= 15 is 0 Å². The Morgan fingerprint density at radius 1 is 0.568 bits per heavy atom. The van der Waals surface area contributed by atoms with E-state index in [-0.39, 0.29) is 5.41 Å². The molecule has 0 N–H and O–H groups in total. The van der Waals surface area contributed by atoms with Crippen LogP contribution in [0, 0.1) is 0 Å². The lowest BCUT2D eigenvalue weighted by molar-refractivity contribution is 0.430. The van der Waals surface area contributed by atoms with Crippen LogP contribution in [-0.4, -0.2) is 26.8 Å². The summed E-state index contributed by atoms with van der Waals surface area (Å²) in [5.74, 6) is 0. The molecule has 0 aromatic heterocycles. The summed E-state index contributed by atoms with van der Waals surface area (Å²) in [6.07, 6.45) is 11.1. The summed E-state index contributed by atoms with van der Waals surface area (Å²) in [5.41, 5.74) is 8.91. The van der Waals surface area contributed by atoms with E-state index in [4.69, 9.17) is 0 Å². The van der Waals surface area contributed by atoms with Gasteiger partial charge in [0, 0.05) is 0 Å². The lowest BCUT2D eigenvalue weighted by atomic mass is 9.69. The second-order valence-electron chi connectivity index (χ2n) is 15.3. The normalized spacial score (nSPS) is 15.5. The minimum atomic E-state index is -1.53. The minimum Gasteiger partial charge on any atom is -0.223 e. The molecule has 0 fully saturated rings. The van der Waals surface area contributed by atoms with Crippen LogP contribution in [0.3, 0.4) is 0 Å². The lowest BCUT2D eigenvalue weighted by Gasteiger charge is -2.40. The number of benzene rings is 6. The molecule has 6 aromatic rings. The summed E-state index contributed by atoms with van der Waals surface area (Å²) in [6.45, 7) is 12.4. The van der Waals surface area contributed by atoms with E-state index in [1.165, 1.54) is 79.0 Å². The molecule has 0 bridgehead atoms. The fourth-order valence-electron chi connectivity index (χ4n) is 8.14. The van der Waals surface area contributed by atoms with Crippen molar-refractivity contribution in [2.45, 2.75) is 63.1 Å². The van der Waals surface area contributed by atoms with Gasteiger partial charge in [0.1, 0.15) is 0 Å². The van der Waals surface area contributed by atoms with Gasteiger partial charge in [0.15, 0.2) is 0 Å². The molecule has 0 spiro atoms. The van der Waals surface area contributed by atoms with Crippen LogP contribution in [-0.2, 0) is 11.8 Å². The predicted molar refractivity (Wildman–Crippen MR) is 202 cm³/mol. The van der Waals surface area contributed by atoms with Gasteiger partial charge >= 0.3 is 0 Å². The Kier molecular flexibility index (Phi) is 6.92. The molecule has 0 atom stereocenters. The second kappa shape index (κ2) is 10.4. The van der Waals surface area contributed by atoms with Crippen LogP contribution in [0.4, 0.5) is 0 Å². The standard InChI is InChI=1S/C42H46SSi/c1-42(2)27-15-22-35-37(43(3,4)5)25-23-36(41(35)42)40-32-20-13-11-18-30(32)39(31-19-12-14-21-33(31)40)34-24-26-38(44(6,7)8)29-17-10-9-16-28(29)34/h9-14,16-21,23-26H,15,22,27H2,1-8H3. The van der Waals surface area contributed by atoms with E-state index in [0.717, 1.165) is 0 Å². The third-order valence-electron chi connectivity index (χ3n) is 10.0. The zero-order chi connectivity index (χ0) is 31.0. The van der Waals surface area contributed by atoms with E-state index < -0.39 is 18.1 Å². The van der Waals surface area contributed by atoms with Crippen LogP contribution < -0.4 is 5.19 Å². The molecule has 0 radical (unpaired) electrons. The van der Waals surface area contributed by atoms with Gasteiger partial charge in [-0.25, -0.2) is 10.0 Å². The molecule has 0 saturated carbocycles. The zero-order valence-electron chi connectivity index (χ0n) is 27.8. The molecule has 0 heterocycles. The van der Waals surface area contributed by atoms with Gasteiger partial charge in [-0.05, 0) is 120 Å². The third-order valence-corrected chi connectivity index (χ3v) is 13.8. The maximum absolute atomic E-state index is 2.49. The van der Waals surface area contributed by atoms with Crippen molar-refractivity contribution in [3.05, 3.63) is 108 Å². The first-order valence-electron chi connectivity index (χ1n) is 16.2. The minimum absolute atomic E-state index is 0.132. The Morgan fingerprint density at radius 3 is 1.57 bits per heavy atom. The van der Waals surface area contributed by atoms with Crippen molar-refractivity contribution < 1.29 is 0 Å². The van der Waals surface area contributed by atoms with Crippen LogP contribution in [0.1, 0.15) is 37.8 Å². The molecule has 6 aromatic carbocycles. The number of hydrogen-bond acceptors (Lipinski definition) is 0. The van der Waals surface area contributed by atoms with E-state index in [1.54, 1.807) is 16.0 Å². The van der Waals surface area contributed by atoms with E-state index in [0.29, 0.717) is 0 Å². The van der Waals surface area contributed by atoms with Gasteiger partial charge in [0.25, 0.3) is 0 Å². The van der Waals surface area contributed by atoms with Crippen molar-refractivity contribution in [1.82, 2.24) is 0 Å². The molecule has 224 valence electrons. The molecule has 1 aliphatic carbocycles. The SMILES string of the molecule is CC1(C)CCCc2c(S(C)(C)C)ccc(-c3c4ccccc4c(-c4ccc([Si](C)(C)C)c5ccccc45)c4ccccc34)c21. The van der Waals surface area contributed by atoms with Crippen LogP contribution in [0.5, 0.6) is 0 Å². The average Bonchev–Trinajstić information content (AvgIpc) is 2.98. The summed E-state index contributed by atoms with van der Waals surface area (Å²) in [7, 11) is -2.38. The lowest BCUT2D eigenvalue weighted by Crippen LogP contribution is -2.38. The van der Waals surface area contributed by atoms with Crippen molar-refractivity contribution >= 4 is 55.6 Å². The van der Waals surface area contributed by atoms with Crippen LogP contribution in [0.25, 0.3) is 54.6 Å². The topological polar surface area (TPSA) is 0 Å². The largest absolute Gasteiger partial charge is 0.223 e. The monoisotopic (exact) mass is 610 g/mol. The van der Waals surface area contributed by atoms with Gasteiger partial charge in [0.2, 0.25) is 0 Å². The fourth-order valence-corrected chi connectivity index (χ4v) is 11.2. The Labute approximate surface area is 266 Å². The van der Waals surface area contributed by atoms with Crippen LogP contribution >= 0.6 is 10.0 Å². The maximum Gasteiger partial charge on any atom is 0.0784 e. The molecule has 0 amide bonds. The molecule has 2 heteroatoms. The quantitative estimate of drug-likeness (QED) is 0.138. The smallest absolute Gasteiger partial charge is 0.0784 e. The number of hydrogen-bond donors (Lipinski definition) is 0. The van der Waals surface area contributed by atoms with Crippen molar-refractivity contribution in [3.63, 3.8) is 0 Å². The molecular formula is C42H46SSi. The zero-order valence-corrected chi connectivity index (χ0v) is 29.6. The Bertz CT molecular complexity index is 2030. The summed E-state index contributed by atoms with van der Waals surface area (Å²) >= 11 is 0. The molecule has 0 unspecified atom stereocenters. The van der Waals surface area contributed by atoms with Gasteiger partial charge in [-0.2, -0.15) is 0 Å². The predicted octanol–water partition coefficient (Wildman–Crippen LogP) is 11.7. The first kappa shape index (κ1) is 29.4. The van der Waals surface area contributed by atoms with Crippen molar-refractivity contribution in [3.8, 4) is 22.3 Å². The van der Waals surface area contributed by atoms with Gasteiger partial charge in [0.05, 0.1) is 8.07 Å². The van der Waals surface area contributed by atoms with Crippen LogP contribution in [0.2, 0.25) is 19.6 Å². The first-order valence-corrected chi connectivity index (χ1v) is 22.5. The van der Waals surface area contributed by atoms with E-state index in [9.17, 15) is 0 Å². The van der Waals surface area contributed by atoms with Gasteiger partial charge in [-0.15, -0.1) is 0 Å². The molecule has 0 aliphatic heterocycles. The molecule has 7 rings (SSSR count). The average molecular weight is 611 g/mol. The highest BCUT2D eigenvalue weighted by Gasteiger charge is 2.34. The Balaban J connectivity index is 1.63. The molecule has 1 aliphatic rings. The van der Waals surface area contributed by atoms with Gasteiger partial charge in [-0.3, -0.25) is 0 Å². The van der Waals surface area contributed by atoms with Gasteiger partial charge < -0.3 is 0 Å². The summed E-state index contributed by atoms with van der Waals surface area (Å²) in [6, 6.07) is 37.4. The van der Waals surface area contributed by atoms with E-state index in [2.05, 4.69) is 149 Å². The molecule has 0 nitrogen and oxygen atoms in total. The van der Waals surface area contributed by atoms with Gasteiger partial charge in [-0.1, -0.05) is 130 Å². The molecule has 0 saturated heterocycles. The Hall–Kier alpha value is -3.33. The maximum atomic E-state index is 2.49. The van der Waals surface area contributed by atoms with E-state index in [1.807, 2.05) is 0 Å². The highest BCUT2D eigenvalue weighted by molar-refractivity contribution is 8.32. The summed E-state index contributed by atoms with van der Waals surface area (Å²) < 4.78 is 0.